The number of hydrogen-bond donors (Lipinski definition) is 0. The summed E-state index contributed by atoms with van der Waals surface area (Å²) in [5, 5.41) is 0. The molecule has 1 aliphatic carbocycles. The summed E-state index contributed by atoms with van der Waals surface area (Å²) in [5.74, 6) is 2.07. The van der Waals surface area contributed by atoms with Crippen LogP contribution in [0, 0.1) is 17.8 Å². The Balaban J connectivity index is 1.46. The third kappa shape index (κ3) is 7.87. The van der Waals surface area contributed by atoms with Gasteiger partial charge in [-0.05, 0) is 100 Å². The molecule has 0 amide bonds. The molecule has 1 aliphatic rings. The molecule has 2 aromatic rings. The van der Waals surface area contributed by atoms with E-state index in [2.05, 4.69) is 32.8 Å². The van der Waals surface area contributed by atoms with Gasteiger partial charge in [-0.2, -0.15) is 0 Å². The zero-order valence-electron chi connectivity index (χ0n) is 20.8. The fourth-order valence-electron chi connectivity index (χ4n) is 4.08. The van der Waals surface area contributed by atoms with Gasteiger partial charge in [-0.15, -0.1) is 0 Å². The molecule has 184 valence electrons. The van der Waals surface area contributed by atoms with Gasteiger partial charge in [0, 0.05) is 6.54 Å². The monoisotopic (exact) mass is 467 g/mol. The Morgan fingerprint density at radius 1 is 0.882 bits per heavy atom. The molecule has 2 aromatic carbocycles. The topological polar surface area (TPSA) is 65.1 Å². The summed E-state index contributed by atoms with van der Waals surface area (Å²) in [5.41, 5.74) is 0.390. The van der Waals surface area contributed by atoms with E-state index >= 15 is 0 Å². The van der Waals surface area contributed by atoms with Gasteiger partial charge in [0.25, 0.3) is 0 Å². The lowest BCUT2D eigenvalue weighted by molar-refractivity contribution is -0.140. The average Bonchev–Trinajstić information content (AvgIpc) is 2.83. The van der Waals surface area contributed by atoms with Crippen molar-refractivity contribution in [2.24, 2.45) is 17.8 Å². The summed E-state index contributed by atoms with van der Waals surface area (Å²) in [7, 11) is 4.17. The fourth-order valence-corrected chi connectivity index (χ4v) is 4.08. The number of nitrogens with zero attached hydrogens (tertiary/aromatic N) is 1. The van der Waals surface area contributed by atoms with Crippen LogP contribution >= 0.6 is 0 Å². The molecule has 0 N–H and O–H groups in total. The molecular formula is C28H37NO5. The zero-order chi connectivity index (χ0) is 24.5. The van der Waals surface area contributed by atoms with Crippen molar-refractivity contribution in [2.45, 2.75) is 46.0 Å². The van der Waals surface area contributed by atoms with Crippen LogP contribution in [-0.4, -0.2) is 44.1 Å². The molecule has 1 atom stereocenters. The van der Waals surface area contributed by atoms with Gasteiger partial charge < -0.3 is 19.1 Å². The van der Waals surface area contributed by atoms with Crippen molar-refractivity contribution in [1.82, 2.24) is 4.90 Å². The summed E-state index contributed by atoms with van der Waals surface area (Å²) in [6, 6.07) is 13.5. The maximum Gasteiger partial charge on any atom is 0.343 e. The predicted molar refractivity (Wildman–Crippen MR) is 132 cm³/mol. The van der Waals surface area contributed by atoms with E-state index < -0.39 is 5.97 Å². The highest BCUT2D eigenvalue weighted by atomic mass is 16.5. The normalized spacial score (nSPS) is 18.9. The van der Waals surface area contributed by atoms with E-state index in [4.69, 9.17) is 14.2 Å². The minimum atomic E-state index is -0.467. The minimum absolute atomic E-state index is 0.0554. The number of esters is 2. The van der Waals surface area contributed by atoms with Crippen LogP contribution in [-0.2, 0) is 4.79 Å². The molecule has 0 spiro atoms. The van der Waals surface area contributed by atoms with Crippen LogP contribution in [0.2, 0.25) is 0 Å². The summed E-state index contributed by atoms with van der Waals surface area (Å²) < 4.78 is 16.7. The Kier molecular flexibility index (Phi) is 9.52. The number of ether oxygens (including phenoxy) is 3. The van der Waals surface area contributed by atoms with Crippen molar-refractivity contribution in [1.29, 1.82) is 0 Å². The van der Waals surface area contributed by atoms with Crippen LogP contribution in [0.4, 0.5) is 0 Å². The fraction of sp³-hybridized carbons (Fsp3) is 0.500. The highest BCUT2D eigenvalue weighted by molar-refractivity contribution is 5.91. The average molecular weight is 468 g/mol. The third-order valence-corrected chi connectivity index (χ3v) is 6.38. The van der Waals surface area contributed by atoms with E-state index in [-0.39, 0.29) is 11.9 Å². The maximum atomic E-state index is 12.6. The number of rotatable bonds is 10. The Hall–Kier alpha value is -2.86. The summed E-state index contributed by atoms with van der Waals surface area (Å²) in [6.45, 7) is 5.99. The van der Waals surface area contributed by atoms with Gasteiger partial charge in [0.1, 0.15) is 17.2 Å². The maximum absolute atomic E-state index is 12.6. The molecule has 1 saturated carbocycles. The van der Waals surface area contributed by atoms with Crippen LogP contribution < -0.4 is 14.2 Å². The molecule has 0 aromatic heterocycles. The Morgan fingerprint density at radius 2 is 1.44 bits per heavy atom. The lowest BCUT2D eigenvalue weighted by Gasteiger charge is -2.29. The Labute approximate surface area is 203 Å². The van der Waals surface area contributed by atoms with Gasteiger partial charge in [0.05, 0.1) is 18.1 Å². The van der Waals surface area contributed by atoms with Crippen LogP contribution in [0.3, 0.4) is 0 Å². The molecule has 1 fully saturated rings. The van der Waals surface area contributed by atoms with Gasteiger partial charge in [-0.3, -0.25) is 4.79 Å². The van der Waals surface area contributed by atoms with Crippen molar-refractivity contribution < 1.29 is 23.8 Å². The number of benzene rings is 2. The van der Waals surface area contributed by atoms with E-state index in [1.54, 1.807) is 48.5 Å². The summed E-state index contributed by atoms with van der Waals surface area (Å²) >= 11 is 0. The Bertz CT molecular complexity index is 915. The van der Waals surface area contributed by atoms with Crippen molar-refractivity contribution in [3.63, 3.8) is 0 Å². The molecule has 0 heterocycles. The first-order valence-corrected chi connectivity index (χ1v) is 12.3. The summed E-state index contributed by atoms with van der Waals surface area (Å²) in [4.78, 5) is 27.2. The smallest absolute Gasteiger partial charge is 0.343 e. The lowest BCUT2D eigenvalue weighted by Crippen LogP contribution is -2.30. The Morgan fingerprint density at radius 3 is 2.03 bits per heavy atom. The number of carbonyl (C=O) groups is 2. The van der Waals surface area contributed by atoms with E-state index in [1.807, 2.05) is 0 Å². The van der Waals surface area contributed by atoms with Crippen molar-refractivity contribution in [3.05, 3.63) is 54.1 Å². The second-order valence-electron chi connectivity index (χ2n) is 9.61. The van der Waals surface area contributed by atoms with Gasteiger partial charge in [-0.1, -0.05) is 20.3 Å². The second-order valence-corrected chi connectivity index (χ2v) is 9.61. The van der Waals surface area contributed by atoms with E-state index in [0.717, 1.165) is 44.4 Å². The molecule has 0 aliphatic heterocycles. The first kappa shape index (κ1) is 25.8. The summed E-state index contributed by atoms with van der Waals surface area (Å²) in [6.07, 6.45) is 4.89. The molecule has 3 rings (SSSR count). The van der Waals surface area contributed by atoms with Crippen molar-refractivity contribution in [2.75, 3.05) is 27.2 Å². The van der Waals surface area contributed by atoms with E-state index in [0.29, 0.717) is 35.5 Å². The second kappa shape index (κ2) is 12.6. The quantitative estimate of drug-likeness (QED) is 0.335. The van der Waals surface area contributed by atoms with Crippen LogP contribution in [0.25, 0.3) is 0 Å². The first-order chi connectivity index (χ1) is 16.3. The van der Waals surface area contributed by atoms with Crippen molar-refractivity contribution >= 4 is 11.9 Å². The van der Waals surface area contributed by atoms with Gasteiger partial charge >= 0.3 is 11.9 Å². The minimum Gasteiger partial charge on any atom is -0.493 e. The molecule has 0 saturated heterocycles. The van der Waals surface area contributed by atoms with Crippen LogP contribution in [0.1, 0.15) is 56.3 Å². The molecule has 6 nitrogen and oxygen atoms in total. The van der Waals surface area contributed by atoms with Crippen LogP contribution in [0.5, 0.6) is 17.2 Å². The highest BCUT2D eigenvalue weighted by Crippen LogP contribution is 2.30. The number of hydrogen-bond acceptors (Lipinski definition) is 6. The van der Waals surface area contributed by atoms with Gasteiger partial charge in [0.2, 0.25) is 0 Å². The molecule has 6 heteroatoms. The van der Waals surface area contributed by atoms with Gasteiger partial charge in [0.15, 0.2) is 0 Å². The molecular weight excluding hydrogens is 430 g/mol. The highest BCUT2D eigenvalue weighted by Gasteiger charge is 2.28. The van der Waals surface area contributed by atoms with Gasteiger partial charge in [-0.25, -0.2) is 4.79 Å². The zero-order valence-corrected chi connectivity index (χ0v) is 20.8. The SMILES string of the molecule is CCC(C)COc1ccc(OC(=O)c2ccc(OC(=O)[C@H]3CC[C@H](CN(C)C)CC3)cc2)cc1. The van der Waals surface area contributed by atoms with E-state index in [1.165, 1.54) is 0 Å². The third-order valence-electron chi connectivity index (χ3n) is 6.38. The molecule has 0 radical (unpaired) electrons. The van der Waals surface area contributed by atoms with Crippen LogP contribution in [0.15, 0.2) is 48.5 Å². The number of carbonyl (C=O) groups excluding carboxylic acids is 2. The molecule has 1 unspecified atom stereocenters. The van der Waals surface area contributed by atoms with E-state index in [9.17, 15) is 9.59 Å². The molecule has 34 heavy (non-hydrogen) atoms. The van der Waals surface area contributed by atoms with Crippen molar-refractivity contribution in [3.8, 4) is 17.2 Å². The predicted octanol–water partition coefficient (Wildman–Crippen LogP) is 5.60. The first-order valence-electron chi connectivity index (χ1n) is 12.3. The largest absolute Gasteiger partial charge is 0.493 e. The lowest BCUT2D eigenvalue weighted by atomic mass is 9.82. The molecule has 0 bridgehead atoms. The standard InChI is InChI=1S/C28H37NO5/c1-5-20(2)19-32-24-14-16-26(17-15-24)34-28(31)23-10-12-25(13-11-23)33-27(30)22-8-6-21(7-9-22)18-29(3)4/h10-17,20-22H,5-9,18-19H2,1-4H3/t20?,21-,22-.